The van der Waals surface area contributed by atoms with Gasteiger partial charge in [-0.05, 0) is 12.1 Å². The zero-order chi connectivity index (χ0) is 15.2. The quantitative estimate of drug-likeness (QED) is 0.623. The Hall–Kier alpha value is -2.22. The Kier molecular flexibility index (Phi) is 5.04. The lowest BCUT2D eigenvalue weighted by Gasteiger charge is -2.03. The highest BCUT2D eigenvalue weighted by Gasteiger charge is 2.12. The molecule has 0 bridgehead atoms. The molecule has 2 aromatic rings. The van der Waals surface area contributed by atoms with Gasteiger partial charge in [0.25, 0.3) is 12.3 Å². The van der Waals surface area contributed by atoms with Gasteiger partial charge in [0.1, 0.15) is 12.4 Å². The molecule has 2 N–H and O–H groups in total. The third kappa shape index (κ3) is 4.12. The number of hydrogen-bond donors (Lipinski definition) is 1. The van der Waals surface area contributed by atoms with Gasteiger partial charge in [0.05, 0.1) is 19.3 Å². The molecule has 1 aromatic heterocycles. The van der Waals surface area contributed by atoms with Crippen molar-refractivity contribution in [2.24, 2.45) is 0 Å². The standard InChI is InChI=1S/C13H15F2N3O3/c1-19-8-2-3-9(10(16)6-8)13-17-12(18-21-13)4-5-20-7-11(14)15/h2-3,6,11H,4-5,7,16H2,1H3. The predicted molar refractivity (Wildman–Crippen MR) is 71.2 cm³/mol. The van der Waals surface area contributed by atoms with E-state index < -0.39 is 13.0 Å². The number of hydrogen-bond acceptors (Lipinski definition) is 6. The second kappa shape index (κ2) is 6.98. The minimum atomic E-state index is -2.48. The van der Waals surface area contributed by atoms with Crippen molar-refractivity contribution in [1.29, 1.82) is 0 Å². The van der Waals surface area contributed by atoms with Crippen LogP contribution in [0.2, 0.25) is 0 Å². The summed E-state index contributed by atoms with van der Waals surface area (Å²) in [5, 5.41) is 3.75. The lowest BCUT2D eigenvalue weighted by atomic mass is 10.1. The molecule has 2 rings (SSSR count). The van der Waals surface area contributed by atoms with E-state index in [1.165, 1.54) is 0 Å². The molecule has 0 spiro atoms. The smallest absolute Gasteiger partial charge is 0.261 e. The summed E-state index contributed by atoms with van der Waals surface area (Å²) in [7, 11) is 1.54. The van der Waals surface area contributed by atoms with Crippen LogP contribution in [0.1, 0.15) is 5.82 Å². The highest BCUT2D eigenvalue weighted by molar-refractivity contribution is 5.71. The molecular formula is C13H15F2N3O3. The Morgan fingerprint density at radius 1 is 1.38 bits per heavy atom. The summed E-state index contributed by atoms with van der Waals surface area (Å²) in [6.45, 7) is -0.502. The number of benzene rings is 1. The first-order valence-corrected chi connectivity index (χ1v) is 6.22. The van der Waals surface area contributed by atoms with E-state index in [9.17, 15) is 8.78 Å². The molecule has 0 aliphatic heterocycles. The van der Waals surface area contributed by atoms with Crippen molar-refractivity contribution < 1.29 is 22.8 Å². The van der Waals surface area contributed by atoms with E-state index in [-0.39, 0.29) is 18.9 Å². The molecule has 0 aliphatic carbocycles. The predicted octanol–water partition coefficient (Wildman–Crippen LogP) is 2.15. The lowest BCUT2D eigenvalue weighted by molar-refractivity contribution is 0.0182. The van der Waals surface area contributed by atoms with Crippen LogP contribution < -0.4 is 10.5 Å². The van der Waals surface area contributed by atoms with Crippen LogP contribution in [0.25, 0.3) is 11.5 Å². The van der Waals surface area contributed by atoms with Gasteiger partial charge in [0.15, 0.2) is 5.82 Å². The molecule has 0 amide bonds. The molecule has 21 heavy (non-hydrogen) atoms. The largest absolute Gasteiger partial charge is 0.497 e. The van der Waals surface area contributed by atoms with E-state index in [1.807, 2.05) is 0 Å². The minimum absolute atomic E-state index is 0.0986. The SMILES string of the molecule is COc1ccc(-c2nc(CCOCC(F)F)no2)c(N)c1. The maximum atomic E-state index is 11.9. The van der Waals surface area contributed by atoms with Crippen LogP contribution in [0.3, 0.4) is 0 Å². The first-order valence-electron chi connectivity index (χ1n) is 6.22. The van der Waals surface area contributed by atoms with Crippen molar-refractivity contribution in [1.82, 2.24) is 10.1 Å². The van der Waals surface area contributed by atoms with Crippen molar-refractivity contribution in [3.8, 4) is 17.2 Å². The Labute approximate surface area is 119 Å². The molecule has 0 unspecified atom stereocenters. The number of rotatable bonds is 7. The Morgan fingerprint density at radius 3 is 2.86 bits per heavy atom. The lowest BCUT2D eigenvalue weighted by Crippen LogP contribution is -2.07. The second-order valence-corrected chi connectivity index (χ2v) is 4.18. The van der Waals surface area contributed by atoms with Gasteiger partial charge >= 0.3 is 0 Å². The van der Waals surface area contributed by atoms with Crippen molar-refractivity contribution in [3.05, 3.63) is 24.0 Å². The summed E-state index contributed by atoms with van der Waals surface area (Å²) in [5.41, 5.74) is 6.91. The Morgan fingerprint density at radius 2 is 2.19 bits per heavy atom. The highest BCUT2D eigenvalue weighted by atomic mass is 19.3. The molecule has 0 aliphatic rings. The Bertz CT molecular complexity index is 590. The summed E-state index contributed by atoms with van der Waals surface area (Å²) in [6.07, 6.45) is -2.20. The van der Waals surface area contributed by atoms with Crippen molar-refractivity contribution in [3.63, 3.8) is 0 Å². The molecule has 0 atom stereocenters. The first-order chi connectivity index (χ1) is 10.1. The average molecular weight is 299 g/mol. The van der Waals surface area contributed by atoms with Gasteiger partial charge in [-0.3, -0.25) is 0 Å². The number of ether oxygens (including phenoxy) is 2. The number of nitrogen functional groups attached to an aromatic ring is 1. The van der Waals surface area contributed by atoms with Gasteiger partial charge in [-0.2, -0.15) is 4.98 Å². The van der Waals surface area contributed by atoms with E-state index >= 15 is 0 Å². The molecule has 0 saturated heterocycles. The van der Waals surface area contributed by atoms with Crippen LogP contribution in [0.4, 0.5) is 14.5 Å². The number of nitrogens with two attached hydrogens (primary N) is 1. The maximum Gasteiger partial charge on any atom is 0.261 e. The van der Waals surface area contributed by atoms with Gasteiger partial charge in [-0.25, -0.2) is 8.78 Å². The molecule has 0 saturated carbocycles. The molecule has 0 radical (unpaired) electrons. The van der Waals surface area contributed by atoms with E-state index in [2.05, 4.69) is 10.1 Å². The second-order valence-electron chi connectivity index (χ2n) is 4.18. The highest BCUT2D eigenvalue weighted by Crippen LogP contribution is 2.28. The van der Waals surface area contributed by atoms with E-state index in [0.717, 1.165) is 0 Å². The fraction of sp³-hybridized carbons (Fsp3) is 0.385. The van der Waals surface area contributed by atoms with Gasteiger partial charge in [-0.15, -0.1) is 0 Å². The molecule has 6 nitrogen and oxygen atoms in total. The summed E-state index contributed by atoms with van der Waals surface area (Å²) >= 11 is 0. The van der Waals surface area contributed by atoms with Crippen LogP contribution in [-0.4, -0.2) is 36.9 Å². The van der Waals surface area contributed by atoms with E-state index in [1.54, 1.807) is 25.3 Å². The zero-order valence-corrected chi connectivity index (χ0v) is 11.4. The van der Waals surface area contributed by atoms with Crippen molar-refractivity contribution in [2.75, 3.05) is 26.1 Å². The zero-order valence-electron chi connectivity index (χ0n) is 11.4. The monoisotopic (exact) mass is 299 g/mol. The maximum absolute atomic E-state index is 11.9. The number of methoxy groups -OCH3 is 1. The fourth-order valence-electron chi connectivity index (χ4n) is 1.66. The number of anilines is 1. The molecule has 1 aromatic carbocycles. The van der Waals surface area contributed by atoms with Gasteiger partial charge in [0.2, 0.25) is 0 Å². The van der Waals surface area contributed by atoms with Crippen molar-refractivity contribution in [2.45, 2.75) is 12.8 Å². The van der Waals surface area contributed by atoms with Crippen LogP contribution in [0.15, 0.2) is 22.7 Å². The average Bonchev–Trinajstić information content (AvgIpc) is 2.91. The van der Waals surface area contributed by atoms with E-state index in [4.69, 9.17) is 19.7 Å². The van der Waals surface area contributed by atoms with Crippen LogP contribution in [-0.2, 0) is 11.2 Å². The third-order valence-corrected chi connectivity index (χ3v) is 2.67. The van der Waals surface area contributed by atoms with Crippen LogP contribution in [0, 0.1) is 0 Å². The van der Waals surface area contributed by atoms with Crippen molar-refractivity contribution >= 4 is 5.69 Å². The number of nitrogens with zero attached hydrogens (tertiary/aromatic N) is 2. The van der Waals surface area contributed by atoms with Gasteiger partial charge in [-0.1, -0.05) is 5.16 Å². The Balaban J connectivity index is 1.99. The molecule has 8 heteroatoms. The fourth-order valence-corrected chi connectivity index (χ4v) is 1.66. The molecular weight excluding hydrogens is 284 g/mol. The van der Waals surface area contributed by atoms with Crippen LogP contribution >= 0.6 is 0 Å². The number of alkyl halides is 2. The normalized spacial score (nSPS) is 11.0. The summed E-state index contributed by atoms with van der Waals surface area (Å²) in [5.74, 6) is 1.25. The summed E-state index contributed by atoms with van der Waals surface area (Å²) in [6, 6.07) is 5.07. The van der Waals surface area contributed by atoms with Gasteiger partial charge < -0.3 is 19.7 Å². The topological polar surface area (TPSA) is 83.4 Å². The third-order valence-electron chi connectivity index (χ3n) is 2.67. The molecule has 0 fully saturated rings. The number of halogens is 2. The summed E-state index contributed by atoms with van der Waals surface area (Å²) in [4.78, 5) is 4.15. The molecule has 1 heterocycles. The van der Waals surface area contributed by atoms with E-state index in [0.29, 0.717) is 22.8 Å². The molecule has 114 valence electrons. The van der Waals surface area contributed by atoms with Gasteiger partial charge in [0, 0.05) is 18.2 Å². The number of aromatic nitrogens is 2. The van der Waals surface area contributed by atoms with Crippen LogP contribution in [0.5, 0.6) is 5.75 Å². The minimum Gasteiger partial charge on any atom is -0.497 e. The summed E-state index contributed by atoms with van der Waals surface area (Å²) < 4.78 is 38.7. The first kappa shape index (κ1) is 15.2.